The Kier molecular flexibility index (Phi) is 8.25. The molecule has 0 aliphatic heterocycles. The summed E-state index contributed by atoms with van der Waals surface area (Å²) in [6.07, 6.45) is 0.226. The molecule has 3 rings (SSSR count). The molecule has 0 fully saturated rings. The Hall–Kier alpha value is -3.16. The smallest absolute Gasteiger partial charge is 0.241 e. The number of hydrogen-bond donors (Lipinski definition) is 2. The molecule has 6 nitrogen and oxygen atoms in total. The minimum Gasteiger partial charge on any atom is -0.494 e. The maximum absolute atomic E-state index is 13.2. The Bertz CT molecular complexity index is 1170. The minimum atomic E-state index is -3.95. The van der Waals surface area contributed by atoms with E-state index in [4.69, 9.17) is 4.74 Å². The number of benzene rings is 3. The van der Waals surface area contributed by atoms with Crippen LogP contribution in [0.1, 0.15) is 36.6 Å². The average Bonchev–Trinajstić information content (AvgIpc) is 2.81. The molecule has 2 N–H and O–H groups in total. The highest BCUT2D eigenvalue weighted by molar-refractivity contribution is 7.89. The van der Waals surface area contributed by atoms with Gasteiger partial charge < -0.3 is 10.1 Å². The first-order chi connectivity index (χ1) is 15.8. The zero-order valence-electron chi connectivity index (χ0n) is 19.1. The van der Waals surface area contributed by atoms with Crippen LogP contribution in [0.2, 0.25) is 0 Å². The van der Waals surface area contributed by atoms with Crippen LogP contribution in [0.5, 0.6) is 5.75 Å². The molecule has 2 atom stereocenters. The van der Waals surface area contributed by atoms with Crippen molar-refractivity contribution in [1.29, 1.82) is 0 Å². The van der Waals surface area contributed by atoms with Crippen LogP contribution >= 0.6 is 0 Å². The molecule has 7 heteroatoms. The summed E-state index contributed by atoms with van der Waals surface area (Å²) in [6, 6.07) is 22.3. The van der Waals surface area contributed by atoms with Gasteiger partial charge in [0.1, 0.15) is 11.8 Å². The van der Waals surface area contributed by atoms with Crippen molar-refractivity contribution in [2.75, 3.05) is 6.61 Å². The summed E-state index contributed by atoms with van der Waals surface area (Å²) in [5, 5.41) is 2.94. The maximum atomic E-state index is 13.2. The van der Waals surface area contributed by atoms with Crippen molar-refractivity contribution in [3.05, 3.63) is 95.6 Å². The van der Waals surface area contributed by atoms with Crippen molar-refractivity contribution in [2.45, 2.75) is 44.2 Å². The third-order valence-electron chi connectivity index (χ3n) is 5.31. The van der Waals surface area contributed by atoms with Gasteiger partial charge in [-0.2, -0.15) is 4.72 Å². The molecule has 0 aliphatic rings. The van der Waals surface area contributed by atoms with E-state index in [1.54, 1.807) is 19.1 Å². The summed E-state index contributed by atoms with van der Waals surface area (Å²) in [4.78, 5) is 13.3. The Balaban J connectivity index is 1.84. The second kappa shape index (κ2) is 11.1. The highest BCUT2D eigenvalue weighted by Gasteiger charge is 2.27. The Morgan fingerprint density at radius 3 is 2.21 bits per heavy atom. The molecule has 33 heavy (non-hydrogen) atoms. The van der Waals surface area contributed by atoms with Gasteiger partial charge in [0.05, 0.1) is 17.5 Å². The lowest BCUT2D eigenvalue weighted by atomic mass is 10.0. The largest absolute Gasteiger partial charge is 0.494 e. The van der Waals surface area contributed by atoms with Crippen LogP contribution in [-0.4, -0.2) is 27.0 Å². The lowest BCUT2D eigenvalue weighted by molar-refractivity contribution is -0.123. The van der Waals surface area contributed by atoms with Gasteiger partial charge in [-0.15, -0.1) is 0 Å². The topological polar surface area (TPSA) is 84.5 Å². The highest BCUT2D eigenvalue weighted by Crippen LogP contribution is 2.22. The normalized spacial score (nSPS) is 13.2. The van der Waals surface area contributed by atoms with Gasteiger partial charge >= 0.3 is 0 Å². The molecule has 0 heterocycles. The number of ether oxygens (including phenoxy) is 1. The second-order valence-corrected chi connectivity index (χ2v) is 9.58. The number of carbonyl (C=O) groups is 1. The van der Waals surface area contributed by atoms with E-state index in [0.717, 1.165) is 11.1 Å². The standard InChI is InChI=1S/C26H30N2O4S/c1-4-32-25-16-15-23(17-19(25)2)33(30,31)28-24(18-21-11-7-5-8-12-21)26(29)27-20(3)22-13-9-6-10-14-22/h5-17,20,24,28H,4,18H2,1-3H3,(H,27,29)/t20-,24+/m0/s1. The molecule has 0 bridgehead atoms. The van der Waals surface area contributed by atoms with Gasteiger partial charge in [0.2, 0.25) is 15.9 Å². The predicted molar refractivity (Wildman–Crippen MR) is 130 cm³/mol. The molecule has 1 amide bonds. The monoisotopic (exact) mass is 466 g/mol. The fraction of sp³-hybridized carbons (Fsp3) is 0.269. The van der Waals surface area contributed by atoms with Crippen molar-refractivity contribution in [2.24, 2.45) is 0 Å². The van der Waals surface area contributed by atoms with E-state index < -0.39 is 16.1 Å². The van der Waals surface area contributed by atoms with E-state index in [0.29, 0.717) is 17.9 Å². The van der Waals surface area contributed by atoms with Gasteiger partial charge in [0.25, 0.3) is 0 Å². The molecule has 3 aromatic carbocycles. The second-order valence-electron chi connectivity index (χ2n) is 7.86. The van der Waals surface area contributed by atoms with Crippen molar-refractivity contribution in [1.82, 2.24) is 10.0 Å². The van der Waals surface area contributed by atoms with E-state index in [9.17, 15) is 13.2 Å². The van der Waals surface area contributed by atoms with Gasteiger partial charge in [0.15, 0.2) is 0 Å². The summed E-state index contributed by atoms with van der Waals surface area (Å²) in [6.45, 7) is 6.02. The molecule has 174 valence electrons. The fourth-order valence-electron chi connectivity index (χ4n) is 3.54. The van der Waals surface area contributed by atoms with E-state index in [1.165, 1.54) is 6.07 Å². The van der Waals surface area contributed by atoms with Crippen LogP contribution in [-0.2, 0) is 21.2 Å². The molecule has 0 saturated carbocycles. The maximum Gasteiger partial charge on any atom is 0.241 e. The zero-order chi connectivity index (χ0) is 23.8. The Labute approximate surface area is 196 Å². The average molecular weight is 467 g/mol. The molecule has 0 radical (unpaired) electrons. The number of hydrogen-bond acceptors (Lipinski definition) is 4. The number of sulfonamides is 1. The van der Waals surface area contributed by atoms with E-state index in [-0.39, 0.29) is 23.3 Å². The number of amides is 1. The molecule has 0 saturated heterocycles. The van der Waals surface area contributed by atoms with Crippen LogP contribution < -0.4 is 14.8 Å². The van der Waals surface area contributed by atoms with Crippen molar-refractivity contribution in [3.8, 4) is 5.75 Å². The van der Waals surface area contributed by atoms with Crippen LogP contribution in [0.25, 0.3) is 0 Å². The minimum absolute atomic E-state index is 0.0884. The van der Waals surface area contributed by atoms with Crippen molar-refractivity contribution in [3.63, 3.8) is 0 Å². The molecule has 3 aromatic rings. The molecular weight excluding hydrogens is 436 g/mol. The molecule has 0 spiro atoms. The zero-order valence-corrected chi connectivity index (χ0v) is 19.9. The first-order valence-corrected chi connectivity index (χ1v) is 12.4. The fourth-order valence-corrected chi connectivity index (χ4v) is 4.82. The van der Waals surface area contributed by atoms with E-state index in [1.807, 2.05) is 74.5 Å². The Morgan fingerprint density at radius 2 is 1.61 bits per heavy atom. The third-order valence-corrected chi connectivity index (χ3v) is 6.78. The van der Waals surface area contributed by atoms with Gasteiger partial charge in [-0.3, -0.25) is 4.79 Å². The Morgan fingerprint density at radius 1 is 0.970 bits per heavy atom. The summed E-state index contributed by atoms with van der Waals surface area (Å²) in [5.41, 5.74) is 2.51. The SMILES string of the molecule is CCOc1ccc(S(=O)(=O)N[C@H](Cc2ccccc2)C(=O)N[C@@H](C)c2ccccc2)cc1C. The summed E-state index contributed by atoms with van der Waals surface area (Å²) < 4.78 is 34.5. The van der Waals surface area contributed by atoms with E-state index >= 15 is 0 Å². The van der Waals surface area contributed by atoms with Crippen LogP contribution in [0.4, 0.5) is 0 Å². The van der Waals surface area contributed by atoms with E-state index in [2.05, 4.69) is 10.0 Å². The highest BCUT2D eigenvalue weighted by atomic mass is 32.2. The summed E-state index contributed by atoms with van der Waals surface area (Å²) in [5.74, 6) is 0.244. The van der Waals surface area contributed by atoms with Crippen LogP contribution in [0, 0.1) is 6.92 Å². The molecule has 0 aliphatic carbocycles. The van der Waals surface area contributed by atoms with Crippen molar-refractivity contribution < 1.29 is 17.9 Å². The molecular formula is C26H30N2O4S. The molecule has 0 unspecified atom stereocenters. The number of aryl methyl sites for hydroxylation is 1. The first-order valence-electron chi connectivity index (χ1n) is 10.9. The van der Waals surface area contributed by atoms with Crippen molar-refractivity contribution >= 4 is 15.9 Å². The third kappa shape index (κ3) is 6.66. The summed E-state index contributed by atoms with van der Waals surface area (Å²) >= 11 is 0. The predicted octanol–water partition coefficient (Wildman–Crippen LogP) is 4.16. The quantitative estimate of drug-likeness (QED) is 0.470. The number of carbonyl (C=O) groups excluding carboxylic acids is 1. The van der Waals surface area contributed by atoms with Gasteiger partial charge in [-0.05, 0) is 62.1 Å². The lowest BCUT2D eigenvalue weighted by Gasteiger charge is -2.22. The van der Waals surface area contributed by atoms with Gasteiger partial charge in [-0.1, -0.05) is 60.7 Å². The molecule has 0 aromatic heterocycles. The number of nitrogens with one attached hydrogen (secondary N) is 2. The van der Waals surface area contributed by atoms with Gasteiger partial charge in [0, 0.05) is 0 Å². The number of rotatable bonds is 10. The van der Waals surface area contributed by atoms with Gasteiger partial charge in [-0.25, -0.2) is 8.42 Å². The lowest BCUT2D eigenvalue weighted by Crippen LogP contribution is -2.48. The van der Waals surface area contributed by atoms with Crippen LogP contribution in [0.15, 0.2) is 83.8 Å². The summed E-state index contributed by atoms with van der Waals surface area (Å²) in [7, 11) is -3.95. The first kappa shape index (κ1) is 24.5. The van der Waals surface area contributed by atoms with Crippen LogP contribution in [0.3, 0.4) is 0 Å².